The Balaban J connectivity index is 1.86. The van der Waals surface area contributed by atoms with Crippen LogP contribution in [0.2, 0.25) is 0 Å². The third-order valence-corrected chi connectivity index (χ3v) is 7.13. The SMILES string of the molecule is CC(C)(C)c1ccc([SH]2c3ccccc3-c3ccccc32)cc1. The molecule has 0 saturated carbocycles. The Morgan fingerprint density at radius 1 is 0.609 bits per heavy atom. The molecule has 0 N–H and O–H groups in total. The molecule has 1 aliphatic rings. The number of thiol groups is 1. The first-order chi connectivity index (χ1) is 11.1. The highest BCUT2D eigenvalue weighted by Crippen LogP contribution is 2.62. The maximum absolute atomic E-state index is 2.34. The molecule has 3 aromatic rings. The van der Waals surface area contributed by atoms with Crippen LogP contribution in [0, 0.1) is 0 Å². The second-order valence-electron chi connectivity index (χ2n) is 7.17. The molecule has 0 saturated heterocycles. The number of fused-ring (bicyclic) bond motifs is 3. The summed E-state index contributed by atoms with van der Waals surface area (Å²) in [6, 6.07) is 27.1. The van der Waals surface area contributed by atoms with E-state index < -0.39 is 10.9 Å². The van der Waals surface area contributed by atoms with E-state index in [0.717, 1.165) is 0 Å². The van der Waals surface area contributed by atoms with Crippen molar-refractivity contribution in [3.63, 3.8) is 0 Å². The molecule has 4 rings (SSSR count). The average molecular weight is 318 g/mol. The molecule has 3 aromatic carbocycles. The molecule has 0 aliphatic carbocycles. The summed E-state index contributed by atoms with van der Waals surface area (Å²) in [6.07, 6.45) is 0. The van der Waals surface area contributed by atoms with Gasteiger partial charge in [-0.2, -0.15) is 10.9 Å². The predicted molar refractivity (Wildman–Crippen MR) is 101 cm³/mol. The summed E-state index contributed by atoms with van der Waals surface area (Å²) < 4.78 is 0. The molecule has 1 heteroatoms. The summed E-state index contributed by atoms with van der Waals surface area (Å²) in [6.45, 7) is 6.81. The van der Waals surface area contributed by atoms with E-state index in [1.165, 1.54) is 31.4 Å². The smallest absolute Gasteiger partial charge is 0.00343 e. The molecular weight excluding hydrogens is 296 g/mol. The first-order valence-electron chi connectivity index (χ1n) is 8.15. The van der Waals surface area contributed by atoms with Crippen LogP contribution in [0.5, 0.6) is 0 Å². The maximum atomic E-state index is 2.34. The lowest BCUT2D eigenvalue weighted by Gasteiger charge is -2.22. The van der Waals surface area contributed by atoms with Crippen LogP contribution in [-0.2, 0) is 5.41 Å². The highest BCUT2D eigenvalue weighted by atomic mass is 32.2. The molecule has 0 bridgehead atoms. The van der Waals surface area contributed by atoms with Crippen molar-refractivity contribution >= 4 is 10.9 Å². The largest absolute Gasteiger partial charge is 0.172 e. The van der Waals surface area contributed by atoms with Crippen LogP contribution >= 0.6 is 10.9 Å². The zero-order valence-electron chi connectivity index (χ0n) is 13.9. The van der Waals surface area contributed by atoms with E-state index in [2.05, 4.69) is 93.6 Å². The molecule has 0 nitrogen and oxygen atoms in total. The Morgan fingerprint density at radius 2 is 1.09 bits per heavy atom. The Hall–Kier alpha value is -1.99. The summed E-state index contributed by atoms with van der Waals surface area (Å²) in [4.78, 5) is 4.44. The molecule has 0 atom stereocenters. The Bertz CT molecular complexity index is 808. The van der Waals surface area contributed by atoms with E-state index in [4.69, 9.17) is 0 Å². The van der Waals surface area contributed by atoms with Crippen molar-refractivity contribution in [1.82, 2.24) is 0 Å². The average Bonchev–Trinajstić information content (AvgIpc) is 2.89. The summed E-state index contributed by atoms with van der Waals surface area (Å²) >= 11 is 0. The monoisotopic (exact) mass is 318 g/mol. The molecule has 0 fully saturated rings. The van der Waals surface area contributed by atoms with Crippen LogP contribution in [-0.4, -0.2) is 0 Å². The standard InChI is InChI=1S/C22H22S/c1-22(2,3)16-12-14-17(15-13-16)23-20-10-6-4-8-18(20)19-9-5-7-11-21(19)23/h4-15,23H,1-3H3. The van der Waals surface area contributed by atoms with Gasteiger partial charge in [-0.05, 0) is 51.3 Å². The Kier molecular flexibility index (Phi) is 3.35. The molecule has 0 amide bonds. The molecule has 0 aromatic heterocycles. The zero-order chi connectivity index (χ0) is 16.0. The van der Waals surface area contributed by atoms with Crippen molar-refractivity contribution in [1.29, 1.82) is 0 Å². The van der Waals surface area contributed by atoms with Gasteiger partial charge in [-0.15, -0.1) is 0 Å². The lowest BCUT2D eigenvalue weighted by molar-refractivity contribution is 0.589. The van der Waals surface area contributed by atoms with Gasteiger partial charge in [0.15, 0.2) is 0 Å². The highest BCUT2D eigenvalue weighted by molar-refractivity contribution is 8.17. The fourth-order valence-corrected chi connectivity index (χ4v) is 5.92. The second kappa shape index (κ2) is 5.28. The third-order valence-electron chi connectivity index (χ3n) is 4.57. The molecular formula is C22H22S. The highest BCUT2D eigenvalue weighted by Gasteiger charge is 2.26. The number of benzene rings is 3. The van der Waals surface area contributed by atoms with Gasteiger partial charge in [-0.3, -0.25) is 0 Å². The van der Waals surface area contributed by atoms with Crippen LogP contribution in [0.4, 0.5) is 0 Å². The van der Waals surface area contributed by atoms with Crippen LogP contribution in [0.3, 0.4) is 0 Å². The van der Waals surface area contributed by atoms with Crippen molar-refractivity contribution in [2.24, 2.45) is 0 Å². The first-order valence-corrected chi connectivity index (χ1v) is 9.49. The van der Waals surface area contributed by atoms with Crippen molar-refractivity contribution in [2.75, 3.05) is 0 Å². The van der Waals surface area contributed by atoms with E-state index in [1.54, 1.807) is 0 Å². The van der Waals surface area contributed by atoms with Crippen LogP contribution in [0.1, 0.15) is 26.3 Å². The number of hydrogen-bond acceptors (Lipinski definition) is 0. The van der Waals surface area contributed by atoms with E-state index in [0.29, 0.717) is 0 Å². The number of hydrogen-bond donors (Lipinski definition) is 1. The van der Waals surface area contributed by atoms with E-state index in [-0.39, 0.29) is 5.41 Å². The topological polar surface area (TPSA) is 0 Å². The second-order valence-corrected chi connectivity index (χ2v) is 9.32. The van der Waals surface area contributed by atoms with Crippen LogP contribution in [0.25, 0.3) is 11.1 Å². The van der Waals surface area contributed by atoms with Crippen molar-refractivity contribution < 1.29 is 0 Å². The van der Waals surface area contributed by atoms with E-state index >= 15 is 0 Å². The van der Waals surface area contributed by atoms with Gasteiger partial charge in [0.1, 0.15) is 0 Å². The lowest BCUT2D eigenvalue weighted by Crippen LogP contribution is -2.10. The summed E-state index contributed by atoms with van der Waals surface area (Å²) in [5, 5.41) is 0. The van der Waals surface area contributed by atoms with Crippen LogP contribution < -0.4 is 0 Å². The fourth-order valence-electron chi connectivity index (χ4n) is 3.31. The van der Waals surface area contributed by atoms with Crippen molar-refractivity contribution in [3.05, 3.63) is 78.4 Å². The van der Waals surface area contributed by atoms with Gasteiger partial charge in [-0.25, -0.2) is 0 Å². The summed E-state index contributed by atoms with van der Waals surface area (Å²) in [5.41, 5.74) is 4.43. The minimum atomic E-state index is -0.420. The zero-order valence-corrected chi connectivity index (χ0v) is 14.8. The molecule has 0 radical (unpaired) electrons. The van der Waals surface area contributed by atoms with Gasteiger partial charge in [0.2, 0.25) is 0 Å². The van der Waals surface area contributed by atoms with E-state index in [9.17, 15) is 0 Å². The van der Waals surface area contributed by atoms with Crippen molar-refractivity contribution in [3.8, 4) is 11.1 Å². The molecule has 0 spiro atoms. The predicted octanol–water partition coefficient (Wildman–Crippen LogP) is 6.44. The minimum Gasteiger partial charge on any atom is -0.172 e. The van der Waals surface area contributed by atoms with Gasteiger partial charge >= 0.3 is 0 Å². The number of rotatable bonds is 1. The van der Waals surface area contributed by atoms with Gasteiger partial charge in [0.05, 0.1) is 0 Å². The lowest BCUT2D eigenvalue weighted by atomic mass is 9.87. The normalized spacial score (nSPS) is 14.5. The summed E-state index contributed by atoms with van der Waals surface area (Å²) in [7, 11) is -0.420. The maximum Gasteiger partial charge on any atom is 0.00343 e. The quantitative estimate of drug-likeness (QED) is 0.383. The van der Waals surface area contributed by atoms with Gasteiger partial charge in [-0.1, -0.05) is 69.3 Å². The van der Waals surface area contributed by atoms with Crippen LogP contribution in [0.15, 0.2) is 87.5 Å². The molecule has 0 unspecified atom stereocenters. The Morgan fingerprint density at radius 3 is 1.57 bits per heavy atom. The minimum absolute atomic E-state index is 0.206. The summed E-state index contributed by atoms with van der Waals surface area (Å²) in [5.74, 6) is 0. The fraction of sp³-hybridized carbons (Fsp3) is 0.182. The van der Waals surface area contributed by atoms with Crippen molar-refractivity contribution in [2.45, 2.75) is 40.9 Å². The Labute approximate surface area is 141 Å². The molecule has 1 aliphatic heterocycles. The first kappa shape index (κ1) is 14.6. The molecule has 1 heterocycles. The molecule has 23 heavy (non-hydrogen) atoms. The van der Waals surface area contributed by atoms with Gasteiger partial charge < -0.3 is 0 Å². The van der Waals surface area contributed by atoms with E-state index in [1.807, 2.05) is 0 Å². The molecule has 116 valence electrons. The van der Waals surface area contributed by atoms with Gasteiger partial charge in [0, 0.05) is 9.79 Å². The van der Waals surface area contributed by atoms with Gasteiger partial charge in [0.25, 0.3) is 0 Å². The third kappa shape index (κ3) is 2.40.